The third-order valence-corrected chi connectivity index (χ3v) is 5.28. The molecule has 0 aliphatic heterocycles. The van der Waals surface area contributed by atoms with Crippen LogP contribution >= 0.6 is 23.2 Å². The van der Waals surface area contributed by atoms with Gasteiger partial charge in [-0.2, -0.15) is 10.1 Å². The molecule has 0 radical (unpaired) electrons. The lowest BCUT2D eigenvalue weighted by Crippen LogP contribution is -2.03. The van der Waals surface area contributed by atoms with Crippen molar-refractivity contribution in [2.45, 2.75) is 0 Å². The van der Waals surface area contributed by atoms with Crippen molar-refractivity contribution in [3.8, 4) is 28.5 Å². The molecule has 2 aromatic carbocycles. The number of benzene rings is 2. The number of aromatic nitrogens is 5. The monoisotopic (exact) mass is 487 g/mol. The first-order valence-corrected chi connectivity index (χ1v) is 10.3. The van der Waals surface area contributed by atoms with Crippen molar-refractivity contribution in [2.24, 2.45) is 0 Å². The highest BCUT2D eigenvalue weighted by Gasteiger charge is 2.14. The molecule has 0 amide bonds. The van der Waals surface area contributed by atoms with Crippen LogP contribution < -0.4 is 24.8 Å². The Hall–Kier alpha value is -3.76. The second kappa shape index (κ2) is 9.80. The highest BCUT2D eigenvalue weighted by atomic mass is 35.5. The second-order valence-electron chi connectivity index (χ2n) is 6.59. The van der Waals surface area contributed by atoms with Crippen LogP contribution in [0.5, 0.6) is 17.2 Å². The van der Waals surface area contributed by atoms with E-state index in [2.05, 4.69) is 35.8 Å². The van der Waals surface area contributed by atoms with Gasteiger partial charge in [-0.25, -0.2) is 9.97 Å². The van der Waals surface area contributed by atoms with Crippen LogP contribution in [-0.2, 0) is 0 Å². The van der Waals surface area contributed by atoms with Gasteiger partial charge in [-0.3, -0.25) is 5.10 Å². The Labute approximate surface area is 199 Å². The topological polar surface area (TPSA) is 119 Å². The first kappa shape index (κ1) is 22.4. The van der Waals surface area contributed by atoms with E-state index < -0.39 is 0 Å². The van der Waals surface area contributed by atoms with Crippen LogP contribution in [0, 0.1) is 0 Å². The molecule has 0 saturated carbocycles. The lowest BCUT2D eigenvalue weighted by molar-refractivity contribution is 0.324. The lowest BCUT2D eigenvalue weighted by atomic mass is 10.1. The smallest absolute Gasteiger partial charge is 0.233 e. The highest BCUT2D eigenvalue weighted by Crippen LogP contribution is 2.40. The molecule has 0 aliphatic carbocycles. The van der Waals surface area contributed by atoms with E-state index in [1.165, 1.54) is 6.33 Å². The van der Waals surface area contributed by atoms with E-state index in [0.29, 0.717) is 50.7 Å². The molecule has 0 spiro atoms. The van der Waals surface area contributed by atoms with Crippen LogP contribution in [0.2, 0.25) is 10.0 Å². The van der Waals surface area contributed by atoms with Crippen LogP contribution in [0.4, 0.5) is 23.4 Å². The zero-order chi connectivity index (χ0) is 23.4. The van der Waals surface area contributed by atoms with Crippen LogP contribution in [0.1, 0.15) is 0 Å². The fourth-order valence-electron chi connectivity index (χ4n) is 3.01. The van der Waals surface area contributed by atoms with Gasteiger partial charge in [0.25, 0.3) is 0 Å². The van der Waals surface area contributed by atoms with Gasteiger partial charge in [0.05, 0.1) is 37.1 Å². The number of hydrogen-bond donors (Lipinski definition) is 3. The standard InChI is InChI=1S/C21H19Cl2N7O3/c1-31-16-7-12(8-17(32-2)19(16)33-3)26-20-24-10-25-21(28-20)27-18-9-15(29-30-18)11-4-5-13(22)14(23)6-11/h4-10H,1-3H3,(H3,24,25,26,27,28,29,30). The molecule has 0 atom stereocenters. The molecule has 0 fully saturated rings. The van der Waals surface area contributed by atoms with Gasteiger partial charge in [0.1, 0.15) is 6.33 Å². The summed E-state index contributed by atoms with van der Waals surface area (Å²) in [4.78, 5) is 12.7. The first-order chi connectivity index (χ1) is 16.0. The van der Waals surface area contributed by atoms with Crippen LogP contribution in [-0.4, -0.2) is 46.5 Å². The lowest BCUT2D eigenvalue weighted by Gasteiger charge is -2.14. The van der Waals surface area contributed by atoms with Crippen molar-refractivity contribution in [1.82, 2.24) is 25.1 Å². The van der Waals surface area contributed by atoms with E-state index in [-0.39, 0.29) is 0 Å². The Bertz CT molecular complexity index is 1260. The van der Waals surface area contributed by atoms with Gasteiger partial charge in [-0.15, -0.1) is 0 Å². The Morgan fingerprint density at radius 3 is 2.15 bits per heavy atom. The molecular formula is C21H19Cl2N7O3. The predicted octanol–water partition coefficient (Wildman–Crippen LogP) is 5.08. The summed E-state index contributed by atoms with van der Waals surface area (Å²) in [6, 6.07) is 10.6. The van der Waals surface area contributed by atoms with Crippen molar-refractivity contribution >= 4 is 46.6 Å². The molecule has 3 N–H and O–H groups in total. The fourth-order valence-corrected chi connectivity index (χ4v) is 3.31. The van der Waals surface area contributed by atoms with Gasteiger partial charge in [0.15, 0.2) is 17.3 Å². The van der Waals surface area contributed by atoms with E-state index in [0.717, 1.165) is 11.3 Å². The summed E-state index contributed by atoms with van der Waals surface area (Å²) in [6.45, 7) is 0. The summed E-state index contributed by atoms with van der Waals surface area (Å²) in [6.07, 6.45) is 1.38. The summed E-state index contributed by atoms with van der Waals surface area (Å²) in [5, 5.41) is 14.3. The van der Waals surface area contributed by atoms with Gasteiger partial charge < -0.3 is 24.8 Å². The van der Waals surface area contributed by atoms with Crippen LogP contribution in [0.25, 0.3) is 11.3 Å². The van der Waals surface area contributed by atoms with Gasteiger partial charge in [-0.1, -0.05) is 29.3 Å². The molecule has 4 rings (SSSR count). The summed E-state index contributed by atoms with van der Waals surface area (Å²) >= 11 is 12.1. The fraction of sp³-hybridized carbons (Fsp3) is 0.143. The molecule has 170 valence electrons. The summed E-state index contributed by atoms with van der Waals surface area (Å²) in [5.74, 6) is 2.60. The summed E-state index contributed by atoms with van der Waals surface area (Å²) in [7, 11) is 4.63. The number of nitrogens with one attached hydrogen (secondary N) is 3. The van der Waals surface area contributed by atoms with Crippen LogP contribution in [0.3, 0.4) is 0 Å². The maximum absolute atomic E-state index is 6.10. The molecular weight excluding hydrogens is 469 g/mol. The zero-order valence-corrected chi connectivity index (χ0v) is 19.3. The minimum absolute atomic E-state index is 0.298. The van der Waals surface area contributed by atoms with E-state index in [1.54, 1.807) is 51.7 Å². The van der Waals surface area contributed by atoms with E-state index in [4.69, 9.17) is 37.4 Å². The third-order valence-electron chi connectivity index (χ3n) is 4.54. The SMILES string of the molecule is COc1cc(Nc2ncnc(Nc3cc(-c4ccc(Cl)c(Cl)c4)[nH]n3)n2)cc(OC)c1OC. The average Bonchev–Trinajstić information content (AvgIpc) is 3.28. The average molecular weight is 488 g/mol. The van der Waals surface area contributed by atoms with Gasteiger partial charge >= 0.3 is 0 Å². The number of nitrogens with zero attached hydrogens (tertiary/aromatic N) is 4. The summed E-state index contributed by atoms with van der Waals surface area (Å²) in [5.41, 5.74) is 2.23. The number of anilines is 4. The van der Waals surface area contributed by atoms with Crippen LogP contribution in [0.15, 0.2) is 42.7 Å². The predicted molar refractivity (Wildman–Crippen MR) is 127 cm³/mol. The Balaban J connectivity index is 1.52. The van der Waals surface area contributed by atoms with Gasteiger partial charge in [0, 0.05) is 29.4 Å². The number of rotatable bonds is 8. The number of aromatic amines is 1. The molecule has 0 aliphatic rings. The number of halogens is 2. The van der Waals surface area contributed by atoms with Gasteiger partial charge in [0.2, 0.25) is 17.6 Å². The molecule has 2 heterocycles. The van der Waals surface area contributed by atoms with Crippen molar-refractivity contribution < 1.29 is 14.2 Å². The van der Waals surface area contributed by atoms with E-state index >= 15 is 0 Å². The molecule has 0 unspecified atom stereocenters. The van der Waals surface area contributed by atoms with Crippen molar-refractivity contribution in [3.63, 3.8) is 0 Å². The molecule has 0 saturated heterocycles. The molecule has 4 aromatic rings. The van der Waals surface area contributed by atoms with Crippen molar-refractivity contribution in [2.75, 3.05) is 32.0 Å². The molecule has 12 heteroatoms. The number of ether oxygens (including phenoxy) is 3. The Kier molecular flexibility index (Phi) is 6.66. The maximum atomic E-state index is 6.10. The molecule has 0 bridgehead atoms. The van der Waals surface area contributed by atoms with E-state index in [9.17, 15) is 0 Å². The maximum Gasteiger partial charge on any atom is 0.233 e. The molecule has 2 aromatic heterocycles. The number of H-pyrrole nitrogens is 1. The molecule has 10 nitrogen and oxygen atoms in total. The largest absolute Gasteiger partial charge is 0.493 e. The third kappa shape index (κ3) is 5.02. The highest BCUT2D eigenvalue weighted by molar-refractivity contribution is 6.42. The summed E-state index contributed by atoms with van der Waals surface area (Å²) < 4.78 is 16.1. The Morgan fingerprint density at radius 1 is 0.818 bits per heavy atom. The second-order valence-corrected chi connectivity index (χ2v) is 7.41. The normalized spacial score (nSPS) is 10.6. The van der Waals surface area contributed by atoms with E-state index in [1.807, 2.05) is 6.07 Å². The number of hydrogen-bond acceptors (Lipinski definition) is 9. The minimum Gasteiger partial charge on any atom is -0.493 e. The Morgan fingerprint density at radius 2 is 1.52 bits per heavy atom. The zero-order valence-electron chi connectivity index (χ0n) is 17.8. The quantitative estimate of drug-likeness (QED) is 0.312. The molecule has 33 heavy (non-hydrogen) atoms. The van der Waals surface area contributed by atoms with Crippen molar-refractivity contribution in [3.05, 3.63) is 52.8 Å². The number of methoxy groups -OCH3 is 3. The van der Waals surface area contributed by atoms with Crippen molar-refractivity contribution in [1.29, 1.82) is 0 Å². The van der Waals surface area contributed by atoms with Gasteiger partial charge in [-0.05, 0) is 12.1 Å². The minimum atomic E-state index is 0.298. The first-order valence-electron chi connectivity index (χ1n) is 9.54.